The molecular formula is C16H31N3O2. The molecule has 2 amide bonds. The number of nitrogens with two attached hydrogens (primary N) is 1. The van der Waals surface area contributed by atoms with Gasteiger partial charge in [-0.1, -0.05) is 27.7 Å². The Hall–Kier alpha value is -1.10. The number of rotatable bonds is 6. The van der Waals surface area contributed by atoms with E-state index >= 15 is 0 Å². The van der Waals surface area contributed by atoms with Crippen LogP contribution in [0.2, 0.25) is 0 Å². The summed E-state index contributed by atoms with van der Waals surface area (Å²) in [6.45, 7) is 11.3. The third-order valence-electron chi connectivity index (χ3n) is 3.92. The van der Waals surface area contributed by atoms with Gasteiger partial charge in [0.15, 0.2) is 0 Å². The number of hydrogen-bond donors (Lipinski definition) is 1. The van der Waals surface area contributed by atoms with Crippen molar-refractivity contribution in [3.05, 3.63) is 0 Å². The molecular weight excluding hydrogens is 266 g/mol. The Bertz CT molecular complexity index is 347. The van der Waals surface area contributed by atoms with Crippen LogP contribution in [-0.4, -0.2) is 54.3 Å². The second kappa shape index (κ2) is 8.37. The van der Waals surface area contributed by atoms with Crippen molar-refractivity contribution >= 4 is 11.8 Å². The number of amides is 2. The minimum atomic E-state index is -0.0806. The second-order valence-electron chi connectivity index (χ2n) is 6.87. The summed E-state index contributed by atoms with van der Waals surface area (Å²) in [6.07, 6.45) is 1.43. The first-order valence-electron chi connectivity index (χ1n) is 8.11. The fraction of sp³-hybridized carbons (Fsp3) is 0.875. The lowest BCUT2D eigenvalue weighted by Crippen LogP contribution is -2.52. The standard InChI is InChI=1S/C16H31N3O2/c1-12(2)9-14(11-17)16(21)19-7-5-18(6-8-19)15(20)10-13(3)4/h12-14H,5-11,17H2,1-4H3. The number of nitrogens with zero attached hydrogens (tertiary/aromatic N) is 2. The van der Waals surface area contributed by atoms with Crippen LogP contribution in [0.3, 0.4) is 0 Å². The minimum absolute atomic E-state index is 0.0806. The molecule has 0 aromatic rings. The highest BCUT2D eigenvalue weighted by Gasteiger charge is 2.28. The Morgan fingerprint density at radius 1 is 0.952 bits per heavy atom. The van der Waals surface area contributed by atoms with Gasteiger partial charge < -0.3 is 15.5 Å². The van der Waals surface area contributed by atoms with E-state index in [-0.39, 0.29) is 17.7 Å². The van der Waals surface area contributed by atoms with Crippen LogP contribution in [0.4, 0.5) is 0 Å². The fourth-order valence-corrected chi connectivity index (χ4v) is 2.78. The highest BCUT2D eigenvalue weighted by molar-refractivity contribution is 5.80. The van der Waals surface area contributed by atoms with Gasteiger partial charge in [-0.05, 0) is 18.3 Å². The molecule has 2 N–H and O–H groups in total. The molecule has 1 aliphatic heterocycles. The number of carbonyl (C=O) groups excluding carboxylic acids is 2. The van der Waals surface area contributed by atoms with Gasteiger partial charge in [0.2, 0.25) is 11.8 Å². The van der Waals surface area contributed by atoms with E-state index in [9.17, 15) is 9.59 Å². The maximum absolute atomic E-state index is 12.5. The maximum Gasteiger partial charge on any atom is 0.227 e. The molecule has 0 saturated carbocycles. The summed E-state index contributed by atoms with van der Waals surface area (Å²) in [5.74, 6) is 1.13. The predicted octanol–water partition coefficient (Wildman–Crippen LogP) is 1.32. The second-order valence-corrected chi connectivity index (χ2v) is 6.87. The van der Waals surface area contributed by atoms with Crippen molar-refractivity contribution < 1.29 is 9.59 Å². The van der Waals surface area contributed by atoms with Crippen LogP contribution in [0.1, 0.15) is 40.5 Å². The zero-order valence-electron chi connectivity index (χ0n) is 14.0. The molecule has 5 heteroatoms. The summed E-state index contributed by atoms with van der Waals surface area (Å²) in [7, 11) is 0. The molecule has 122 valence electrons. The van der Waals surface area contributed by atoms with E-state index in [1.807, 2.05) is 9.80 Å². The Morgan fingerprint density at radius 2 is 1.48 bits per heavy atom. The largest absolute Gasteiger partial charge is 0.339 e. The molecule has 1 fully saturated rings. The first-order chi connectivity index (χ1) is 9.85. The maximum atomic E-state index is 12.5. The van der Waals surface area contributed by atoms with E-state index in [1.54, 1.807) is 0 Å². The summed E-state index contributed by atoms with van der Waals surface area (Å²) >= 11 is 0. The van der Waals surface area contributed by atoms with E-state index in [2.05, 4.69) is 27.7 Å². The van der Waals surface area contributed by atoms with Crippen molar-refractivity contribution in [1.82, 2.24) is 9.80 Å². The molecule has 1 unspecified atom stereocenters. The highest BCUT2D eigenvalue weighted by Crippen LogP contribution is 2.16. The molecule has 0 aliphatic carbocycles. The van der Waals surface area contributed by atoms with E-state index < -0.39 is 0 Å². The zero-order valence-corrected chi connectivity index (χ0v) is 14.0. The Kier molecular flexibility index (Phi) is 7.15. The SMILES string of the molecule is CC(C)CC(=O)N1CCN(C(=O)C(CN)CC(C)C)CC1. The van der Waals surface area contributed by atoms with Crippen LogP contribution < -0.4 is 5.73 Å². The van der Waals surface area contributed by atoms with Crippen LogP contribution in [0.25, 0.3) is 0 Å². The first-order valence-corrected chi connectivity index (χ1v) is 8.11. The van der Waals surface area contributed by atoms with Crippen molar-refractivity contribution in [1.29, 1.82) is 0 Å². The number of carbonyl (C=O) groups is 2. The minimum Gasteiger partial charge on any atom is -0.339 e. The molecule has 0 bridgehead atoms. The topological polar surface area (TPSA) is 66.6 Å². The van der Waals surface area contributed by atoms with Crippen molar-refractivity contribution in [2.24, 2.45) is 23.5 Å². The fourth-order valence-electron chi connectivity index (χ4n) is 2.78. The zero-order chi connectivity index (χ0) is 16.0. The molecule has 1 saturated heterocycles. The van der Waals surface area contributed by atoms with Crippen LogP contribution in [-0.2, 0) is 9.59 Å². The normalized spacial score (nSPS) is 17.5. The molecule has 21 heavy (non-hydrogen) atoms. The lowest BCUT2D eigenvalue weighted by atomic mass is 9.95. The van der Waals surface area contributed by atoms with Gasteiger partial charge in [-0.3, -0.25) is 9.59 Å². The van der Waals surface area contributed by atoms with Crippen molar-refractivity contribution in [3.63, 3.8) is 0 Å². The van der Waals surface area contributed by atoms with Gasteiger partial charge in [-0.15, -0.1) is 0 Å². The molecule has 5 nitrogen and oxygen atoms in total. The lowest BCUT2D eigenvalue weighted by Gasteiger charge is -2.36. The molecule has 0 spiro atoms. The summed E-state index contributed by atoms with van der Waals surface area (Å²) in [4.78, 5) is 28.2. The molecule has 1 rings (SSSR count). The quantitative estimate of drug-likeness (QED) is 0.804. The Labute approximate surface area is 128 Å². The van der Waals surface area contributed by atoms with Crippen LogP contribution in [0.15, 0.2) is 0 Å². The molecule has 1 heterocycles. The monoisotopic (exact) mass is 297 g/mol. The van der Waals surface area contributed by atoms with Gasteiger partial charge in [0, 0.05) is 39.1 Å². The first kappa shape index (κ1) is 18.0. The molecule has 1 atom stereocenters. The molecule has 0 radical (unpaired) electrons. The average Bonchev–Trinajstić information content (AvgIpc) is 2.43. The van der Waals surface area contributed by atoms with Crippen LogP contribution >= 0.6 is 0 Å². The molecule has 0 aromatic carbocycles. The Morgan fingerprint density at radius 3 is 1.90 bits per heavy atom. The third-order valence-corrected chi connectivity index (χ3v) is 3.92. The summed E-state index contributed by atoms with van der Waals surface area (Å²) in [5, 5.41) is 0. The smallest absolute Gasteiger partial charge is 0.227 e. The van der Waals surface area contributed by atoms with Gasteiger partial charge >= 0.3 is 0 Å². The van der Waals surface area contributed by atoms with Crippen molar-refractivity contribution in [2.45, 2.75) is 40.5 Å². The Balaban J connectivity index is 2.48. The summed E-state index contributed by atoms with van der Waals surface area (Å²) < 4.78 is 0. The van der Waals surface area contributed by atoms with E-state index in [0.29, 0.717) is 51.0 Å². The lowest BCUT2D eigenvalue weighted by molar-refractivity contribution is -0.142. The molecule has 0 aromatic heterocycles. The van der Waals surface area contributed by atoms with Crippen LogP contribution in [0, 0.1) is 17.8 Å². The summed E-state index contributed by atoms with van der Waals surface area (Å²) in [6, 6.07) is 0. The number of piperazine rings is 1. The van der Waals surface area contributed by atoms with Gasteiger partial charge in [0.05, 0.1) is 5.92 Å². The van der Waals surface area contributed by atoms with E-state index in [4.69, 9.17) is 5.73 Å². The van der Waals surface area contributed by atoms with Crippen molar-refractivity contribution in [3.8, 4) is 0 Å². The molecule has 1 aliphatic rings. The van der Waals surface area contributed by atoms with Crippen molar-refractivity contribution in [2.75, 3.05) is 32.7 Å². The van der Waals surface area contributed by atoms with E-state index in [1.165, 1.54) is 0 Å². The summed E-state index contributed by atoms with van der Waals surface area (Å²) in [5.41, 5.74) is 5.75. The predicted molar refractivity (Wildman–Crippen MR) is 84.6 cm³/mol. The van der Waals surface area contributed by atoms with Gasteiger partial charge in [-0.25, -0.2) is 0 Å². The average molecular weight is 297 g/mol. The van der Waals surface area contributed by atoms with Crippen LogP contribution in [0.5, 0.6) is 0 Å². The highest BCUT2D eigenvalue weighted by atomic mass is 16.2. The van der Waals surface area contributed by atoms with E-state index in [0.717, 1.165) is 6.42 Å². The van der Waals surface area contributed by atoms with Gasteiger partial charge in [0.25, 0.3) is 0 Å². The third kappa shape index (κ3) is 5.65. The number of hydrogen-bond acceptors (Lipinski definition) is 3. The van der Waals surface area contributed by atoms with Gasteiger partial charge in [-0.2, -0.15) is 0 Å². The van der Waals surface area contributed by atoms with Gasteiger partial charge in [0.1, 0.15) is 0 Å².